The highest BCUT2D eigenvalue weighted by molar-refractivity contribution is 7.10. The van der Waals surface area contributed by atoms with Gasteiger partial charge in [0.15, 0.2) is 0 Å². The number of aryl methyl sites for hydroxylation is 1. The number of imidazole rings is 1. The molecule has 0 bridgehead atoms. The van der Waals surface area contributed by atoms with Crippen molar-refractivity contribution in [2.24, 2.45) is 0 Å². The summed E-state index contributed by atoms with van der Waals surface area (Å²) >= 11 is 1.68. The van der Waals surface area contributed by atoms with E-state index in [0.29, 0.717) is 22.5 Å². The minimum atomic E-state index is -0.186. The van der Waals surface area contributed by atoms with E-state index in [1.807, 2.05) is 41.8 Å². The maximum Gasteiger partial charge on any atom is 0.255 e. The van der Waals surface area contributed by atoms with Crippen LogP contribution in [0.15, 0.2) is 72.2 Å². The zero-order valence-corrected chi connectivity index (χ0v) is 21.8. The zero-order valence-electron chi connectivity index (χ0n) is 20.9. The van der Waals surface area contributed by atoms with Crippen LogP contribution in [0.3, 0.4) is 0 Å². The first-order chi connectivity index (χ1) is 18.5. The number of para-hydroxylation sites is 2. The number of nitrogen functional groups attached to an aromatic ring is 1. The summed E-state index contributed by atoms with van der Waals surface area (Å²) < 4.78 is 2.00. The molecule has 1 saturated carbocycles. The van der Waals surface area contributed by atoms with Crippen LogP contribution < -0.4 is 11.1 Å². The summed E-state index contributed by atoms with van der Waals surface area (Å²) in [5.41, 5.74) is 12.8. The minimum Gasteiger partial charge on any atom is -0.397 e. The number of fused-ring (bicyclic) bond motifs is 1. The van der Waals surface area contributed by atoms with Crippen LogP contribution in [0, 0.1) is 18.3 Å². The first-order valence-corrected chi connectivity index (χ1v) is 13.5. The lowest BCUT2D eigenvalue weighted by molar-refractivity contribution is 0.102. The SMILES string of the molecule is Cc1nc2cc(C#N)ccn2c1-c1csc(C2(c3ccc(C(=O)Nc4ccccc4N)cc3)CCCC2)n1. The van der Waals surface area contributed by atoms with Crippen LogP contribution in [-0.4, -0.2) is 20.3 Å². The molecule has 5 aromatic rings. The summed E-state index contributed by atoms with van der Waals surface area (Å²) in [5, 5.41) is 15.3. The summed E-state index contributed by atoms with van der Waals surface area (Å²) in [4.78, 5) is 22.7. The van der Waals surface area contributed by atoms with Gasteiger partial charge < -0.3 is 11.1 Å². The van der Waals surface area contributed by atoms with Crippen LogP contribution in [0.25, 0.3) is 17.0 Å². The summed E-state index contributed by atoms with van der Waals surface area (Å²) in [6, 6.07) is 20.9. The zero-order chi connectivity index (χ0) is 26.3. The van der Waals surface area contributed by atoms with E-state index in [2.05, 4.69) is 33.9 Å². The van der Waals surface area contributed by atoms with Crippen molar-refractivity contribution >= 4 is 34.3 Å². The topological polar surface area (TPSA) is 109 Å². The number of hydrogen-bond acceptors (Lipinski definition) is 6. The summed E-state index contributed by atoms with van der Waals surface area (Å²) in [6.07, 6.45) is 6.19. The molecule has 0 atom stereocenters. The molecular weight excluding hydrogens is 492 g/mol. The number of pyridine rings is 1. The number of nitrogens with two attached hydrogens (primary N) is 1. The van der Waals surface area contributed by atoms with E-state index in [0.717, 1.165) is 53.4 Å². The molecule has 188 valence electrons. The Morgan fingerprint density at radius 2 is 1.87 bits per heavy atom. The number of hydrogen-bond donors (Lipinski definition) is 2. The van der Waals surface area contributed by atoms with Gasteiger partial charge in [-0.05, 0) is 61.7 Å². The number of carbonyl (C=O) groups is 1. The van der Waals surface area contributed by atoms with E-state index in [9.17, 15) is 10.1 Å². The van der Waals surface area contributed by atoms with Gasteiger partial charge in [0.2, 0.25) is 0 Å². The maximum atomic E-state index is 12.9. The predicted octanol–water partition coefficient (Wildman–Crippen LogP) is 6.33. The Labute approximate surface area is 224 Å². The van der Waals surface area contributed by atoms with Crippen molar-refractivity contribution in [3.63, 3.8) is 0 Å². The van der Waals surface area contributed by atoms with Gasteiger partial charge in [0.1, 0.15) is 16.3 Å². The van der Waals surface area contributed by atoms with Gasteiger partial charge in [-0.1, -0.05) is 37.1 Å². The van der Waals surface area contributed by atoms with Gasteiger partial charge in [0, 0.05) is 22.6 Å². The second-order valence-electron chi connectivity index (χ2n) is 9.75. The molecule has 38 heavy (non-hydrogen) atoms. The fraction of sp³-hybridized carbons (Fsp3) is 0.200. The number of nitrogens with zero attached hydrogens (tertiary/aromatic N) is 4. The van der Waals surface area contributed by atoms with Crippen LogP contribution >= 0.6 is 11.3 Å². The third kappa shape index (κ3) is 4.01. The summed E-state index contributed by atoms with van der Waals surface area (Å²) in [6.45, 7) is 1.98. The van der Waals surface area contributed by atoms with Gasteiger partial charge in [0.05, 0.1) is 34.4 Å². The highest BCUT2D eigenvalue weighted by Crippen LogP contribution is 2.48. The lowest BCUT2D eigenvalue weighted by atomic mass is 9.79. The number of carbonyl (C=O) groups excluding carboxylic acids is 1. The fourth-order valence-electron chi connectivity index (χ4n) is 5.49. The standard InChI is InChI=1S/C30H26N6OS/c1-19-27(36-15-12-20(17-31)16-26(36)33-19)25-18-38-29(35-25)30(13-4-5-14-30)22-10-8-21(9-11-22)28(37)34-24-7-3-2-6-23(24)32/h2-3,6-12,15-16,18H,4-5,13-14,32H2,1H3,(H,34,37). The van der Waals surface area contributed by atoms with E-state index >= 15 is 0 Å². The summed E-state index contributed by atoms with van der Waals surface area (Å²) in [5.74, 6) is -0.186. The lowest BCUT2D eigenvalue weighted by Crippen LogP contribution is -2.24. The molecule has 3 aromatic heterocycles. The Morgan fingerprint density at radius 3 is 2.61 bits per heavy atom. The number of nitriles is 1. The van der Waals surface area contributed by atoms with E-state index in [1.165, 1.54) is 5.56 Å². The van der Waals surface area contributed by atoms with Crippen molar-refractivity contribution in [3.8, 4) is 17.5 Å². The summed E-state index contributed by atoms with van der Waals surface area (Å²) in [7, 11) is 0. The second kappa shape index (κ2) is 9.43. The molecule has 1 fully saturated rings. The first kappa shape index (κ1) is 23.9. The van der Waals surface area contributed by atoms with Gasteiger partial charge >= 0.3 is 0 Å². The lowest BCUT2D eigenvalue weighted by Gasteiger charge is -2.27. The van der Waals surface area contributed by atoms with Crippen molar-refractivity contribution in [3.05, 3.63) is 99.6 Å². The fourth-order valence-corrected chi connectivity index (χ4v) is 6.58. The van der Waals surface area contributed by atoms with E-state index in [-0.39, 0.29) is 11.3 Å². The molecule has 0 saturated heterocycles. The molecular formula is C30H26N6OS. The molecule has 1 aliphatic rings. The minimum absolute atomic E-state index is 0.176. The molecule has 0 unspecified atom stereocenters. The van der Waals surface area contributed by atoms with Gasteiger partial charge in [-0.3, -0.25) is 9.20 Å². The van der Waals surface area contributed by atoms with E-state index in [4.69, 9.17) is 10.7 Å². The van der Waals surface area contributed by atoms with Crippen LogP contribution in [0.4, 0.5) is 11.4 Å². The van der Waals surface area contributed by atoms with Crippen LogP contribution in [0.5, 0.6) is 0 Å². The smallest absolute Gasteiger partial charge is 0.255 e. The molecule has 6 rings (SSSR count). The average Bonchev–Trinajstić information content (AvgIpc) is 3.68. The maximum absolute atomic E-state index is 12.9. The van der Waals surface area contributed by atoms with Crippen molar-refractivity contribution < 1.29 is 4.79 Å². The molecule has 1 aliphatic carbocycles. The molecule has 0 radical (unpaired) electrons. The molecule has 3 heterocycles. The number of aromatic nitrogens is 3. The number of thiazole rings is 1. The van der Waals surface area contributed by atoms with Crippen molar-refractivity contribution in [1.82, 2.24) is 14.4 Å². The van der Waals surface area contributed by atoms with Gasteiger partial charge in [-0.15, -0.1) is 11.3 Å². The average molecular weight is 519 g/mol. The van der Waals surface area contributed by atoms with Gasteiger partial charge in [0.25, 0.3) is 5.91 Å². The van der Waals surface area contributed by atoms with Crippen LogP contribution in [0.1, 0.15) is 57.9 Å². The number of anilines is 2. The molecule has 0 spiro atoms. The van der Waals surface area contributed by atoms with Crippen molar-refractivity contribution in [2.45, 2.75) is 38.0 Å². The third-order valence-electron chi connectivity index (χ3n) is 7.45. The Bertz CT molecular complexity index is 1700. The number of benzene rings is 2. The molecule has 3 N–H and O–H groups in total. The Balaban J connectivity index is 1.32. The van der Waals surface area contributed by atoms with Gasteiger partial charge in [-0.25, -0.2) is 9.97 Å². The Hall–Kier alpha value is -4.48. The highest BCUT2D eigenvalue weighted by atomic mass is 32.1. The largest absolute Gasteiger partial charge is 0.397 e. The molecule has 1 amide bonds. The number of amides is 1. The van der Waals surface area contributed by atoms with Gasteiger partial charge in [-0.2, -0.15) is 5.26 Å². The first-order valence-electron chi connectivity index (χ1n) is 12.6. The van der Waals surface area contributed by atoms with E-state index < -0.39 is 0 Å². The monoisotopic (exact) mass is 518 g/mol. The van der Waals surface area contributed by atoms with Crippen molar-refractivity contribution in [2.75, 3.05) is 11.1 Å². The Morgan fingerprint density at radius 1 is 1.11 bits per heavy atom. The molecule has 8 heteroatoms. The quantitative estimate of drug-likeness (QED) is 0.264. The van der Waals surface area contributed by atoms with Crippen LogP contribution in [0.2, 0.25) is 0 Å². The van der Waals surface area contributed by atoms with E-state index in [1.54, 1.807) is 35.6 Å². The van der Waals surface area contributed by atoms with Crippen molar-refractivity contribution in [1.29, 1.82) is 5.26 Å². The predicted molar refractivity (Wildman–Crippen MR) is 150 cm³/mol. The normalized spacial score (nSPS) is 14.4. The van der Waals surface area contributed by atoms with Crippen LogP contribution in [-0.2, 0) is 5.41 Å². The number of rotatable bonds is 5. The third-order valence-corrected chi connectivity index (χ3v) is 8.50. The number of nitrogens with one attached hydrogen (secondary N) is 1. The molecule has 2 aromatic carbocycles. The second-order valence-corrected chi connectivity index (χ2v) is 10.6. The molecule has 7 nitrogen and oxygen atoms in total. The molecule has 0 aliphatic heterocycles. The Kier molecular flexibility index (Phi) is 5.93. The highest BCUT2D eigenvalue weighted by Gasteiger charge is 2.40.